The molecule has 0 N–H and O–H groups in total. The van der Waals surface area contributed by atoms with Crippen LogP contribution in [-0.4, -0.2) is 43.5 Å². The molecule has 1 saturated heterocycles. The molecule has 0 saturated carbocycles. The summed E-state index contributed by atoms with van der Waals surface area (Å²) in [6.07, 6.45) is 3.60. The van der Waals surface area contributed by atoms with Crippen LogP contribution >= 0.6 is 0 Å². The summed E-state index contributed by atoms with van der Waals surface area (Å²) in [6, 6.07) is 0. The lowest BCUT2D eigenvalue weighted by molar-refractivity contribution is -0.121. The number of rotatable bonds is 8. The number of likely N-dealkylation sites (tertiary alicyclic amines) is 1. The molecule has 0 atom stereocenters. The van der Waals surface area contributed by atoms with Crippen LogP contribution in [-0.2, 0) is 9.53 Å². The molecule has 1 aliphatic rings. The van der Waals surface area contributed by atoms with E-state index in [1.54, 1.807) is 6.92 Å². The number of nitrogens with zero attached hydrogens (tertiary/aromatic N) is 1. The fraction of sp³-hybridized carbons (Fsp3) is 0.917. The third kappa shape index (κ3) is 5.28. The highest BCUT2D eigenvalue weighted by molar-refractivity contribution is 5.76. The van der Waals surface area contributed by atoms with Gasteiger partial charge in [0.15, 0.2) is 5.78 Å². The van der Waals surface area contributed by atoms with Crippen LogP contribution in [0, 0.1) is 5.92 Å². The normalized spacial score (nSPS) is 17.7. The maximum atomic E-state index is 10.6. The average molecular weight is 213 g/mol. The number of carbonyl (C=O) groups excluding carboxylic acids is 1. The number of hydrogen-bond acceptors (Lipinski definition) is 3. The third-order valence-corrected chi connectivity index (χ3v) is 2.78. The molecule has 0 aromatic rings. The molecule has 88 valence electrons. The molecule has 0 aliphatic carbocycles. The summed E-state index contributed by atoms with van der Waals surface area (Å²) in [5.41, 5.74) is 0. The maximum absolute atomic E-state index is 10.6. The predicted molar refractivity (Wildman–Crippen MR) is 61.0 cm³/mol. The van der Waals surface area contributed by atoms with E-state index in [-0.39, 0.29) is 12.4 Å². The van der Waals surface area contributed by atoms with Gasteiger partial charge in [0.2, 0.25) is 0 Å². The van der Waals surface area contributed by atoms with Crippen LogP contribution < -0.4 is 0 Å². The van der Waals surface area contributed by atoms with E-state index >= 15 is 0 Å². The summed E-state index contributed by atoms with van der Waals surface area (Å²) in [5, 5.41) is 0. The van der Waals surface area contributed by atoms with Crippen LogP contribution in [0.1, 0.15) is 33.1 Å². The van der Waals surface area contributed by atoms with Crippen LogP contribution in [0.25, 0.3) is 0 Å². The molecule has 0 unspecified atom stereocenters. The van der Waals surface area contributed by atoms with Gasteiger partial charge in [0.1, 0.15) is 6.61 Å². The summed E-state index contributed by atoms with van der Waals surface area (Å²) >= 11 is 0. The van der Waals surface area contributed by atoms with Crippen molar-refractivity contribution in [2.75, 3.05) is 32.8 Å². The summed E-state index contributed by atoms with van der Waals surface area (Å²) < 4.78 is 5.23. The van der Waals surface area contributed by atoms with Crippen molar-refractivity contribution < 1.29 is 9.53 Å². The second-order valence-corrected chi connectivity index (χ2v) is 4.52. The van der Waals surface area contributed by atoms with Crippen LogP contribution in [0.15, 0.2) is 0 Å². The Balaban J connectivity index is 1.84. The third-order valence-electron chi connectivity index (χ3n) is 2.78. The molecule has 1 aliphatic heterocycles. The van der Waals surface area contributed by atoms with Crippen molar-refractivity contribution in [1.29, 1.82) is 0 Å². The smallest absolute Gasteiger partial charge is 0.155 e. The second kappa shape index (κ2) is 6.96. The Morgan fingerprint density at radius 2 is 2.20 bits per heavy atom. The van der Waals surface area contributed by atoms with E-state index in [1.807, 2.05) is 0 Å². The van der Waals surface area contributed by atoms with Gasteiger partial charge in [-0.2, -0.15) is 0 Å². The van der Waals surface area contributed by atoms with E-state index in [4.69, 9.17) is 4.74 Å². The van der Waals surface area contributed by atoms with Gasteiger partial charge >= 0.3 is 0 Å². The van der Waals surface area contributed by atoms with Crippen molar-refractivity contribution in [3.05, 3.63) is 0 Å². The van der Waals surface area contributed by atoms with Gasteiger partial charge in [-0.1, -0.05) is 6.92 Å². The van der Waals surface area contributed by atoms with Crippen LogP contribution in [0.2, 0.25) is 0 Å². The van der Waals surface area contributed by atoms with Gasteiger partial charge in [0, 0.05) is 19.7 Å². The van der Waals surface area contributed by atoms with E-state index in [0.29, 0.717) is 0 Å². The van der Waals surface area contributed by atoms with E-state index in [2.05, 4.69) is 11.8 Å². The highest BCUT2D eigenvalue weighted by Crippen LogP contribution is 2.20. The first-order chi connectivity index (χ1) is 7.22. The lowest BCUT2D eigenvalue weighted by Crippen LogP contribution is -2.46. The monoisotopic (exact) mass is 213 g/mol. The summed E-state index contributed by atoms with van der Waals surface area (Å²) in [5.74, 6) is 0.991. The van der Waals surface area contributed by atoms with Crippen molar-refractivity contribution >= 4 is 5.78 Å². The molecular weight excluding hydrogens is 190 g/mol. The number of ether oxygens (including phenoxy) is 1. The van der Waals surface area contributed by atoms with E-state index < -0.39 is 0 Å². The molecule has 0 aromatic carbocycles. The molecule has 0 bridgehead atoms. The van der Waals surface area contributed by atoms with E-state index in [1.165, 1.54) is 32.5 Å². The number of Topliss-reactive ketones (excluding diaryl/α,β-unsaturated/α-hetero) is 1. The number of carbonyl (C=O) groups is 1. The Kier molecular flexibility index (Phi) is 5.88. The van der Waals surface area contributed by atoms with Crippen molar-refractivity contribution in [3.8, 4) is 0 Å². The molecule has 3 heteroatoms. The Morgan fingerprint density at radius 3 is 2.80 bits per heavy atom. The first-order valence-electron chi connectivity index (χ1n) is 6.02. The van der Waals surface area contributed by atoms with Gasteiger partial charge in [0.05, 0.1) is 0 Å². The fourth-order valence-corrected chi connectivity index (χ4v) is 2.05. The minimum atomic E-state index is 0.118. The zero-order valence-electron chi connectivity index (χ0n) is 10.00. The Hall–Kier alpha value is -0.410. The zero-order chi connectivity index (χ0) is 11.1. The second-order valence-electron chi connectivity index (χ2n) is 4.52. The van der Waals surface area contributed by atoms with Gasteiger partial charge in [-0.15, -0.1) is 0 Å². The Morgan fingerprint density at radius 1 is 1.47 bits per heavy atom. The van der Waals surface area contributed by atoms with E-state index in [0.717, 1.165) is 18.9 Å². The molecule has 0 radical (unpaired) electrons. The fourth-order valence-electron chi connectivity index (χ4n) is 2.05. The Labute approximate surface area is 92.8 Å². The minimum Gasteiger partial charge on any atom is -0.374 e. The van der Waals surface area contributed by atoms with Gasteiger partial charge in [0.25, 0.3) is 0 Å². The summed E-state index contributed by atoms with van der Waals surface area (Å²) in [7, 11) is 0. The average Bonchev–Trinajstić information content (AvgIpc) is 2.12. The van der Waals surface area contributed by atoms with Crippen LogP contribution in [0.4, 0.5) is 0 Å². The van der Waals surface area contributed by atoms with Crippen molar-refractivity contribution in [2.24, 2.45) is 5.92 Å². The minimum absolute atomic E-state index is 0.118. The quantitative estimate of drug-likeness (QED) is 0.575. The SMILES string of the molecule is CCCN1CC(CCCOCC(C)=O)C1. The highest BCUT2D eigenvalue weighted by Gasteiger charge is 2.24. The topological polar surface area (TPSA) is 29.5 Å². The summed E-state index contributed by atoms with van der Waals surface area (Å²) in [6.45, 7) is 8.59. The zero-order valence-corrected chi connectivity index (χ0v) is 10.00. The number of hydrogen-bond donors (Lipinski definition) is 0. The Bertz CT molecular complexity index is 188. The van der Waals surface area contributed by atoms with Gasteiger partial charge < -0.3 is 9.64 Å². The van der Waals surface area contributed by atoms with Gasteiger partial charge in [-0.25, -0.2) is 0 Å². The van der Waals surface area contributed by atoms with Crippen molar-refractivity contribution in [3.63, 3.8) is 0 Å². The molecule has 0 aromatic heterocycles. The van der Waals surface area contributed by atoms with Crippen molar-refractivity contribution in [2.45, 2.75) is 33.1 Å². The molecule has 1 fully saturated rings. The molecule has 3 nitrogen and oxygen atoms in total. The summed E-state index contributed by atoms with van der Waals surface area (Å²) in [4.78, 5) is 13.1. The molecule has 0 spiro atoms. The van der Waals surface area contributed by atoms with Gasteiger partial charge in [-0.05, 0) is 38.6 Å². The lowest BCUT2D eigenvalue weighted by atomic mass is 9.95. The lowest BCUT2D eigenvalue weighted by Gasteiger charge is -2.39. The standard InChI is InChI=1S/C12H23NO2/c1-3-6-13-8-12(9-13)5-4-7-15-10-11(2)14/h12H,3-10H2,1-2H3. The largest absolute Gasteiger partial charge is 0.374 e. The molecular formula is C12H23NO2. The number of ketones is 1. The molecule has 0 amide bonds. The van der Waals surface area contributed by atoms with Crippen molar-refractivity contribution in [1.82, 2.24) is 4.90 Å². The van der Waals surface area contributed by atoms with Crippen LogP contribution in [0.3, 0.4) is 0 Å². The van der Waals surface area contributed by atoms with E-state index in [9.17, 15) is 4.79 Å². The maximum Gasteiger partial charge on any atom is 0.155 e. The van der Waals surface area contributed by atoms with Gasteiger partial charge in [-0.3, -0.25) is 4.79 Å². The predicted octanol–water partition coefficient (Wildman–Crippen LogP) is 1.71. The first-order valence-corrected chi connectivity index (χ1v) is 6.02. The highest BCUT2D eigenvalue weighted by atomic mass is 16.5. The molecule has 15 heavy (non-hydrogen) atoms. The molecule has 1 rings (SSSR count). The van der Waals surface area contributed by atoms with Crippen LogP contribution in [0.5, 0.6) is 0 Å². The first kappa shape index (κ1) is 12.7. The molecule has 1 heterocycles.